The molecule has 3 heterocycles. The van der Waals surface area contributed by atoms with Crippen LogP contribution < -0.4 is 5.32 Å². The maximum Gasteiger partial charge on any atom is 0.245 e. The van der Waals surface area contributed by atoms with Crippen molar-refractivity contribution in [2.24, 2.45) is 11.8 Å². The van der Waals surface area contributed by atoms with Crippen molar-refractivity contribution in [3.8, 4) is 0 Å². The number of hydrogen-bond donors (Lipinski definition) is 1. The predicted molar refractivity (Wildman–Crippen MR) is 89.5 cm³/mol. The second-order valence-electron chi connectivity index (χ2n) is 6.69. The zero-order valence-corrected chi connectivity index (χ0v) is 14.6. The summed E-state index contributed by atoms with van der Waals surface area (Å²) in [6.07, 6.45) is 2.84. The van der Waals surface area contributed by atoms with Gasteiger partial charge in [-0.05, 0) is 38.3 Å². The molecule has 3 fully saturated rings. The van der Waals surface area contributed by atoms with Gasteiger partial charge < -0.3 is 19.9 Å². The van der Waals surface area contributed by atoms with E-state index in [4.69, 9.17) is 4.74 Å². The van der Waals surface area contributed by atoms with E-state index in [0.29, 0.717) is 32.2 Å². The fourth-order valence-corrected chi connectivity index (χ4v) is 3.57. The van der Waals surface area contributed by atoms with E-state index in [2.05, 4.69) is 5.32 Å². The van der Waals surface area contributed by atoms with Gasteiger partial charge in [0.25, 0.3) is 0 Å². The van der Waals surface area contributed by atoms with E-state index in [0.717, 1.165) is 38.9 Å². The first kappa shape index (κ1) is 18.5. The highest BCUT2D eigenvalue weighted by molar-refractivity contribution is 5.89. The molecule has 7 heteroatoms. The molecule has 2 atom stereocenters. The van der Waals surface area contributed by atoms with Crippen molar-refractivity contribution in [2.75, 3.05) is 45.9 Å². The standard InChI is InChI=1S/C16H27N3O3.ClH/c1-12(13-10-17-11-13)15(20)19-5-3-2-4-14(19)16(21)18-6-8-22-9-7-18;/h12-14,17H,2-11H2,1H3;1H. The molecule has 0 bridgehead atoms. The van der Waals surface area contributed by atoms with Crippen LogP contribution in [0.2, 0.25) is 0 Å². The van der Waals surface area contributed by atoms with Crippen LogP contribution in [-0.2, 0) is 14.3 Å². The van der Waals surface area contributed by atoms with E-state index in [1.165, 1.54) is 0 Å². The van der Waals surface area contributed by atoms with Gasteiger partial charge in [0.2, 0.25) is 11.8 Å². The third-order valence-electron chi connectivity index (χ3n) is 5.30. The van der Waals surface area contributed by atoms with Crippen LogP contribution in [0.25, 0.3) is 0 Å². The zero-order chi connectivity index (χ0) is 15.5. The van der Waals surface area contributed by atoms with Gasteiger partial charge in [0.05, 0.1) is 13.2 Å². The first-order valence-corrected chi connectivity index (χ1v) is 8.56. The van der Waals surface area contributed by atoms with Crippen molar-refractivity contribution in [1.82, 2.24) is 15.1 Å². The van der Waals surface area contributed by atoms with E-state index in [-0.39, 0.29) is 36.2 Å². The summed E-state index contributed by atoms with van der Waals surface area (Å²) in [5, 5.41) is 3.23. The largest absolute Gasteiger partial charge is 0.378 e. The maximum absolute atomic E-state index is 12.8. The van der Waals surface area contributed by atoms with E-state index in [9.17, 15) is 9.59 Å². The highest BCUT2D eigenvalue weighted by Gasteiger charge is 2.39. The summed E-state index contributed by atoms with van der Waals surface area (Å²) in [5.74, 6) is 0.723. The van der Waals surface area contributed by atoms with Crippen molar-refractivity contribution in [3.05, 3.63) is 0 Å². The number of piperidine rings is 1. The smallest absolute Gasteiger partial charge is 0.245 e. The molecule has 3 rings (SSSR count). The van der Waals surface area contributed by atoms with E-state index < -0.39 is 0 Å². The minimum Gasteiger partial charge on any atom is -0.378 e. The van der Waals surface area contributed by atoms with Gasteiger partial charge >= 0.3 is 0 Å². The average Bonchev–Trinajstić information content (AvgIpc) is 2.52. The number of rotatable bonds is 3. The normalized spacial score (nSPS) is 26.9. The van der Waals surface area contributed by atoms with Gasteiger partial charge in [-0.3, -0.25) is 9.59 Å². The number of carbonyl (C=O) groups excluding carboxylic acids is 2. The van der Waals surface area contributed by atoms with Crippen LogP contribution in [0.5, 0.6) is 0 Å². The lowest BCUT2D eigenvalue weighted by atomic mass is 9.86. The van der Waals surface area contributed by atoms with Crippen molar-refractivity contribution < 1.29 is 14.3 Å². The van der Waals surface area contributed by atoms with E-state index >= 15 is 0 Å². The Morgan fingerprint density at radius 2 is 1.83 bits per heavy atom. The quantitative estimate of drug-likeness (QED) is 0.809. The molecule has 0 aromatic rings. The molecule has 0 aromatic heterocycles. The topological polar surface area (TPSA) is 61.9 Å². The van der Waals surface area contributed by atoms with E-state index in [1.54, 1.807) is 0 Å². The number of ether oxygens (including phenoxy) is 1. The molecule has 6 nitrogen and oxygen atoms in total. The van der Waals surface area contributed by atoms with Crippen LogP contribution in [0, 0.1) is 11.8 Å². The van der Waals surface area contributed by atoms with Gasteiger partial charge in [-0.15, -0.1) is 12.4 Å². The summed E-state index contributed by atoms with van der Waals surface area (Å²) in [6.45, 7) is 7.10. The van der Waals surface area contributed by atoms with Crippen LogP contribution in [0.4, 0.5) is 0 Å². The van der Waals surface area contributed by atoms with E-state index in [1.807, 2.05) is 16.7 Å². The summed E-state index contributed by atoms with van der Waals surface area (Å²) in [4.78, 5) is 29.4. The summed E-state index contributed by atoms with van der Waals surface area (Å²) < 4.78 is 5.32. The third-order valence-corrected chi connectivity index (χ3v) is 5.30. The molecular weight excluding hydrogens is 318 g/mol. The first-order chi connectivity index (χ1) is 10.7. The lowest BCUT2D eigenvalue weighted by molar-refractivity contribution is -0.153. The highest BCUT2D eigenvalue weighted by Crippen LogP contribution is 2.25. The summed E-state index contributed by atoms with van der Waals surface area (Å²) in [6, 6.07) is -0.255. The number of amides is 2. The third kappa shape index (κ3) is 3.98. The fraction of sp³-hybridized carbons (Fsp3) is 0.875. The number of halogens is 1. The summed E-state index contributed by atoms with van der Waals surface area (Å²) in [5.41, 5.74) is 0. The van der Waals surface area contributed by atoms with Crippen molar-refractivity contribution >= 4 is 24.2 Å². The molecule has 0 saturated carbocycles. The molecule has 132 valence electrons. The van der Waals surface area contributed by atoms with Crippen LogP contribution in [0.15, 0.2) is 0 Å². The Hall–Kier alpha value is -0.850. The van der Waals surface area contributed by atoms with Crippen molar-refractivity contribution in [1.29, 1.82) is 0 Å². The van der Waals surface area contributed by atoms with Crippen LogP contribution >= 0.6 is 12.4 Å². The second-order valence-corrected chi connectivity index (χ2v) is 6.69. The molecule has 23 heavy (non-hydrogen) atoms. The molecule has 2 amide bonds. The maximum atomic E-state index is 12.8. The van der Waals surface area contributed by atoms with Crippen LogP contribution in [-0.4, -0.2) is 73.6 Å². The Morgan fingerprint density at radius 1 is 1.13 bits per heavy atom. The predicted octanol–water partition coefficient (Wildman–Crippen LogP) is 0.504. The van der Waals surface area contributed by atoms with Crippen molar-refractivity contribution in [3.63, 3.8) is 0 Å². The Morgan fingerprint density at radius 3 is 2.43 bits per heavy atom. The molecule has 3 saturated heterocycles. The highest BCUT2D eigenvalue weighted by atomic mass is 35.5. The Bertz CT molecular complexity index is 403. The molecule has 3 aliphatic heterocycles. The lowest BCUT2D eigenvalue weighted by Crippen LogP contribution is -2.58. The molecule has 0 spiro atoms. The molecule has 0 aromatic carbocycles. The molecule has 3 aliphatic rings. The monoisotopic (exact) mass is 345 g/mol. The molecule has 1 N–H and O–H groups in total. The van der Waals surface area contributed by atoms with Gasteiger partial charge in [0, 0.05) is 25.6 Å². The van der Waals surface area contributed by atoms with Crippen LogP contribution in [0.1, 0.15) is 26.2 Å². The second kappa shape index (κ2) is 8.31. The number of likely N-dealkylation sites (tertiary alicyclic amines) is 1. The minimum atomic E-state index is -0.255. The minimum absolute atomic E-state index is 0. The Labute approximate surface area is 144 Å². The van der Waals surface area contributed by atoms with Crippen LogP contribution in [0.3, 0.4) is 0 Å². The lowest BCUT2D eigenvalue weighted by Gasteiger charge is -2.42. The fourth-order valence-electron chi connectivity index (χ4n) is 3.57. The summed E-state index contributed by atoms with van der Waals surface area (Å²) in [7, 11) is 0. The average molecular weight is 346 g/mol. The van der Waals surface area contributed by atoms with Crippen molar-refractivity contribution in [2.45, 2.75) is 32.2 Å². The molecular formula is C16H28ClN3O3. The zero-order valence-electron chi connectivity index (χ0n) is 13.8. The van der Waals surface area contributed by atoms with Gasteiger partial charge in [-0.2, -0.15) is 0 Å². The SMILES string of the molecule is CC(C(=O)N1CCCCC1C(=O)N1CCOCC1)C1CNC1.Cl. The van der Waals surface area contributed by atoms with Gasteiger partial charge in [-0.1, -0.05) is 6.92 Å². The molecule has 0 aliphatic carbocycles. The Balaban J connectivity index is 0.00000192. The van der Waals surface area contributed by atoms with Gasteiger partial charge in [0.15, 0.2) is 0 Å². The number of carbonyl (C=O) groups is 2. The first-order valence-electron chi connectivity index (χ1n) is 8.56. The number of nitrogens with one attached hydrogen (secondary N) is 1. The number of hydrogen-bond acceptors (Lipinski definition) is 4. The van der Waals surface area contributed by atoms with Gasteiger partial charge in [-0.25, -0.2) is 0 Å². The molecule has 0 radical (unpaired) electrons. The number of morpholine rings is 1. The van der Waals surface area contributed by atoms with Gasteiger partial charge in [0.1, 0.15) is 6.04 Å². The number of nitrogens with zero attached hydrogens (tertiary/aromatic N) is 2. The summed E-state index contributed by atoms with van der Waals surface area (Å²) >= 11 is 0. The molecule has 2 unspecified atom stereocenters. The Kier molecular flexibility index (Phi) is 6.68.